The van der Waals surface area contributed by atoms with E-state index in [2.05, 4.69) is 20.9 Å². The van der Waals surface area contributed by atoms with Crippen LogP contribution < -0.4 is 0 Å². The van der Waals surface area contributed by atoms with Crippen molar-refractivity contribution in [3.8, 4) is 0 Å². The first-order chi connectivity index (χ1) is 9.47. The van der Waals surface area contributed by atoms with Gasteiger partial charge in [-0.3, -0.25) is 4.79 Å². The van der Waals surface area contributed by atoms with Crippen LogP contribution in [0.1, 0.15) is 28.4 Å². The highest BCUT2D eigenvalue weighted by atomic mass is 79.9. The zero-order valence-corrected chi connectivity index (χ0v) is 14.1. The van der Waals surface area contributed by atoms with Crippen molar-refractivity contribution in [3.05, 3.63) is 57.7 Å². The molecule has 0 fully saturated rings. The third-order valence-electron chi connectivity index (χ3n) is 3.03. The fraction of sp³-hybridized carbons (Fsp3) is 0.250. The molecule has 0 aliphatic heterocycles. The molecule has 1 atom stereocenters. The minimum Gasteiger partial charge on any atom is -0.293 e. The lowest BCUT2D eigenvalue weighted by Crippen LogP contribution is -2.15. The van der Waals surface area contributed by atoms with Crippen LogP contribution in [0.3, 0.4) is 0 Å². The van der Waals surface area contributed by atoms with Crippen LogP contribution in [0, 0.1) is 13.8 Å². The quantitative estimate of drug-likeness (QED) is 0.585. The van der Waals surface area contributed by atoms with Crippen molar-refractivity contribution >= 4 is 33.5 Å². The van der Waals surface area contributed by atoms with Crippen LogP contribution in [-0.2, 0) is 0 Å². The Kier molecular flexibility index (Phi) is 5.00. The first kappa shape index (κ1) is 15.3. The molecule has 1 aromatic carbocycles. The number of hydrogen-bond donors (Lipinski definition) is 0. The minimum atomic E-state index is -0.149. The summed E-state index contributed by atoms with van der Waals surface area (Å²) in [5.41, 5.74) is 2.94. The van der Waals surface area contributed by atoms with Crippen molar-refractivity contribution in [2.75, 3.05) is 0 Å². The Labute approximate surface area is 132 Å². The highest BCUT2D eigenvalue weighted by Crippen LogP contribution is 2.26. The Morgan fingerprint density at radius 1 is 1.25 bits per heavy atom. The normalized spacial score (nSPS) is 12.2. The van der Waals surface area contributed by atoms with E-state index in [1.807, 2.05) is 51.1 Å². The fourth-order valence-electron chi connectivity index (χ4n) is 1.89. The van der Waals surface area contributed by atoms with E-state index in [1.165, 1.54) is 11.8 Å². The molecule has 0 saturated carbocycles. The Balaban J connectivity index is 2.16. The molecule has 0 bridgehead atoms. The maximum Gasteiger partial charge on any atom is 0.176 e. The van der Waals surface area contributed by atoms with Gasteiger partial charge in [-0.1, -0.05) is 29.5 Å². The molecule has 0 radical (unpaired) electrons. The van der Waals surface area contributed by atoms with Gasteiger partial charge >= 0.3 is 0 Å². The van der Waals surface area contributed by atoms with Gasteiger partial charge in [-0.15, -0.1) is 0 Å². The molecular weight excluding hydrogens is 334 g/mol. The summed E-state index contributed by atoms with van der Waals surface area (Å²) in [6.07, 6.45) is 1.75. The van der Waals surface area contributed by atoms with Gasteiger partial charge in [0.15, 0.2) is 5.78 Å². The number of carbonyl (C=O) groups is 1. The average molecular weight is 350 g/mol. The highest BCUT2D eigenvalue weighted by Gasteiger charge is 2.18. The number of ketones is 1. The number of thioether (sulfide) groups is 1. The summed E-state index contributed by atoms with van der Waals surface area (Å²) in [6.45, 7) is 5.91. The van der Waals surface area contributed by atoms with Gasteiger partial charge in [0.1, 0.15) is 0 Å². The molecule has 0 aliphatic carbocycles. The van der Waals surface area contributed by atoms with E-state index in [-0.39, 0.29) is 11.0 Å². The Bertz CT molecular complexity index is 625. The van der Waals surface area contributed by atoms with Gasteiger partial charge in [0.25, 0.3) is 0 Å². The number of nitrogens with zero attached hydrogens (tertiary/aromatic N) is 1. The second kappa shape index (κ2) is 6.55. The van der Waals surface area contributed by atoms with E-state index in [0.29, 0.717) is 0 Å². The van der Waals surface area contributed by atoms with Crippen LogP contribution in [0.15, 0.2) is 46.0 Å². The molecule has 0 aliphatic rings. The molecule has 0 spiro atoms. The van der Waals surface area contributed by atoms with Crippen LogP contribution in [0.2, 0.25) is 0 Å². The third kappa shape index (κ3) is 3.70. The molecule has 1 aromatic heterocycles. The van der Waals surface area contributed by atoms with Gasteiger partial charge in [0, 0.05) is 16.2 Å². The number of rotatable bonds is 4. The van der Waals surface area contributed by atoms with Crippen LogP contribution >= 0.6 is 27.7 Å². The molecule has 0 amide bonds. The number of pyridine rings is 1. The fourth-order valence-corrected chi connectivity index (χ4v) is 2.98. The van der Waals surface area contributed by atoms with Crippen LogP contribution in [-0.4, -0.2) is 16.0 Å². The maximum absolute atomic E-state index is 12.5. The Morgan fingerprint density at radius 2 is 2.00 bits per heavy atom. The van der Waals surface area contributed by atoms with Crippen LogP contribution in [0.25, 0.3) is 0 Å². The summed E-state index contributed by atoms with van der Waals surface area (Å²) in [7, 11) is 0. The second-order valence-corrected chi connectivity index (χ2v) is 7.03. The molecule has 2 aromatic rings. The standard InChI is InChI=1S/C16H16BrNOS/c1-10-4-5-11(2)14(8-10)16(19)12(3)20-15-7-6-13(17)9-18-15/h4-9,12H,1-3H3. The highest BCUT2D eigenvalue weighted by molar-refractivity contribution is 9.10. The summed E-state index contributed by atoms with van der Waals surface area (Å²) in [4.78, 5) is 16.8. The van der Waals surface area contributed by atoms with Crippen molar-refractivity contribution in [2.45, 2.75) is 31.0 Å². The lowest BCUT2D eigenvalue weighted by Gasteiger charge is -2.12. The Morgan fingerprint density at radius 3 is 2.65 bits per heavy atom. The van der Waals surface area contributed by atoms with Gasteiger partial charge < -0.3 is 0 Å². The van der Waals surface area contributed by atoms with Crippen molar-refractivity contribution in [1.82, 2.24) is 4.98 Å². The summed E-state index contributed by atoms with van der Waals surface area (Å²) in [6, 6.07) is 9.84. The number of aromatic nitrogens is 1. The maximum atomic E-state index is 12.5. The smallest absolute Gasteiger partial charge is 0.176 e. The van der Waals surface area contributed by atoms with E-state index >= 15 is 0 Å². The van der Waals surface area contributed by atoms with Crippen LogP contribution in [0.4, 0.5) is 0 Å². The van der Waals surface area contributed by atoms with Crippen molar-refractivity contribution in [2.24, 2.45) is 0 Å². The van der Waals surface area contributed by atoms with E-state index in [4.69, 9.17) is 0 Å². The zero-order chi connectivity index (χ0) is 14.7. The molecule has 0 saturated heterocycles. The molecule has 1 heterocycles. The summed E-state index contributed by atoms with van der Waals surface area (Å²) in [5.74, 6) is 0.154. The third-order valence-corrected chi connectivity index (χ3v) is 4.55. The number of Topliss-reactive ketones (excluding diaryl/α,β-unsaturated/α-hetero) is 1. The topological polar surface area (TPSA) is 30.0 Å². The van der Waals surface area contributed by atoms with E-state index in [1.54, 1.807) is 6.20 Å². The van der Waals surface area contributed by atoms with Gasteiger partial charge in [-0.05, 0) is 60.5 Å². The van der Waals surface area contributed by atoms with Crippen molar-refractivity contribution in [1.29, 1.82) is 0 Å². The molecule has 4 heteroatoms. The van der Waals surface area contributed by atoms with E-state index in [9.17, 15) is 4.79 Å². The Hall–Kier alpha value is -1.13. The molecule has 2 nitrogen and oxygen atoms in total. The second-order valence-electron chi connectivity index (χ2n) is 4.76. The summed E-state index contributed by atoms with van der Waals surface area (Å²) < 4.78 is 0.940. The molecule has 20 heavy (non-hydrogen) atoms. The monoisotopic (exact) mass is 349 g/mol. The first-order valence-corrected chi connectivity index (χ1v) is 8.04. The van der Waals surface area contributed by atoms with Crippen molar-refractivity contribution in [3.63, 3.8) is 0 Å². The number of hydrogen-bond acceptors (Lipinski definition) is 3. The first-order valence-electron chi connectivity index (χ1n) is 6.37. The summed E-state index contributed by atoms with van der Waals surface area (Å²) in [5, 5.41) is 0.712. The number of aryl methyl sites for hydroxylation is 2. The minimum absolute atomic E-state index is 0.149. The van der Waals surface area contributed by atoms with E-state index in [0.717, 1.165) is 26.2 Å². The largest absolute Gasteiger partial charge is 0.293 e. The zero-order valence-electron chi connectivity index (χ0n) is 11.7. The van der Waals surface area contributed by atoms with Gasteiger partial charge in [0.2, 0.25) is 0 Å². The molecule has 104 valence electrons. The molecule has 0 N–H and O–H groups in total. The summed E-state index contributed by atoms with van der Waals surface area (Å²) >= 11 is 4.84. The molecule has 1 unspecified atom stereocenters. The predicted molar refractivity (Wildman–Crippen MR) is 87.5 cm³/mol. The predicted octanol–water partition coefficient (Wildman–Crippen LogP) is 4.82. The lowest BCUT2D eigenvalue weighted by atomic mass is 10.0. The SMILES string of the molecule is Cc1ccc(C)c(C(=O)C(C)Sc2ccc(Br)cn2)c1. The lowest BCUT2D eigenvalue weighted by molar-refractivity contribution is 0.0993. The average Bonchev–Trinajstić information content (AvgIpc) is 2.43. The van der Waals surface area contributed by atoms with Gasteiger partial charge in [-0.2, -0.15) is 0 Å². The molecule has 2 rings (SSSR count). The molecular formula is C16H16BrNOS. The van der Waals surface area contributed by atoms with E-state index < -0.39 is 0 Å². The van der Waals surface area contributed by atoms with Crippen molar-refractivity contribution < 1.29 is 4.79 Å². The van der Waals surface area contributed by atoms with Gasteiger partial charge in [-0.25, -0.2) is 4.98 Å². The van der Waals surface area contributed by atoms with Crippen LogP contribution in [0.5, 0.6) is 0 Å². The number of carbonyl (C=O) groups excluding carboxylic acids is 1. The number of halogens is 1. The number of benzene rings is 1. The van der Waals surface area contributed by atoms with Gasteiger partial charge in [0.05, 0.1) is 10.3 Å².